The Morgan fingerprint density at radius 1 is 1.16 bits per heavy atom. The summed E-state index contributed by atoms with van der Waals surface area (Å²) in [5, 5.41) is 10.6. The van der Waals surface area contributed by atoms with Gasteiger partial charge < -0.3 is 9.84 Å². The van der Waals surface area contributed by atoms with Crippen LogP contribution in [0.5, 0.6) is 5.75 Å². The molecular weight excluding hydrogens is 419 g/mol. The first-order chi connectivity index (χ1) is 9.02. The van der Waals surface area contributed by atoms with E-state index < -0.39 is 6.10 Å². The van der Waals surface area contributed by atoms with E-state index >= 15 is 0 Å². The fraction of sp³-hybridized carbons (Fsp3) is 0.200. The van der Waals surface area contributed by atoms with Gasteiger partial charge in [-0.15, -0.1) is 0 Å². The molecule has 0 saturated heterocycles. The molecule has 2 nitrogen and oxygen atoms in total. The van der Waals surface area contributed by atoms with Gasteiger partial charge in [0.25, 0.3) is 0 Å². The molecular formula is C15H14BrIO2. The van der Waals surface area contributed by atoms with Crippen molar-refractivity contribution in [1.29, 1.82) is 0 Å². The first-order valence-electron chi connectivity index (χ1n) is 5.80. The van der Waals surface area contributed by atoms with Crippen molar-refractivity contribution in [2.75, 3.05) is 7.11 Å². The fourth-order valence-corrected chi connectivity index (χ4v) is 2.95. The van der Waals surface area contributed by atoms with E-state index in [2.05, 4.69) is 38.5 Å². The van der Waals surface area contributed by atoms with E-state index in [0.29, 0.717) is 0 Å². The summed E-state index contributed by atoms with van der Waals surface area (Å²) >= 11 is 5.74. The maximum atomic E-state index is 10.6. The van der Waals surface area contributed by atoms with Crippen LogP contribution < -0.4 is 4.74 Å². The van der Waals surface area contributed by atoms with Crippen LogP contribution in [0.4, 0.5) is 0 Å². The second-order valence-electron chi connectivity index (χ2n) is 4.29. The van der Waals surface area contributed by atoms with E-state index in [1.54, 1.807) is 7.11 Å². The van der Waals surface area contributed by atoms with Gasteiger partial charge in [0, 0.05) is 13.6 Å². The predicted molar refractivity (Wildman–Crippen MR) is 88.7 cm³/mol. The third-order valence-electron chi connectivity index (χ3n) is 3.02. The van der Waals surface area contributed by atoms with Crippen LogP contribution in [0, 0.1) is 10.5 Å². The van der Waals surface area contributed by atoms with E-state index in [4.69, 9.17) is 4.74 Å². The van der Waals surface area contributed by atoms with Gasteiger partial charge in [-0.3, -0.25) is 0 Å². The van der Waals surface area contributed by atoms with Crippen molar-refractivity contribution in [3.05, 3.63) is 61.1 Å². The SMILES string of the molecule is COc1ccc(C(O)c2cc(I)ccc2Br)c(C)c1. The van der Waals surface area contributed by atoms with Crippen LogP contribution in [0.2, 0.25) is 0 Å². The molecule has 100 valence electrons. The number of aryl methyl sites for hydroxylation is 1. The quantitative estimate of drug-likeness (QED) is 0.726. The highest BCUT2D eigenvalue weighted by molar-refractivity contribution is 14.1. The minimum Gasteiger partial charge on any atom is -0.497 e. The van der Waals surface area contributed by atoms with E-state index in [9.17, 15) is 5.11 Å². The number of hydrogen-bond donors (Lipinski definition) is 1. The Kier molecular flexibility index (Phi) is 4.86. The molecule has 0 amide bonds. The predicted octanol–water partition coefficient (Wildman–Crippen LogP) is 4.45. The second kappa shape index (κ2) is 6.24. The Hall–Kier alpha value is -0.590. The molecule has 2 aromatic carbocycles. The molecule has 0 radical (unpaired) electrons. The largest absolute Gasteiger partial charge is 0.497 e. The highest BCUT2D eigenvalue weighted by atomic mass is 127. The van der Waals surface area contributed by atoms with Crippen LogP contribution in [0.1, 0.15) is 22.8 Å². The molecule has 0 heterocycles. The summed E-state index contributed by atoms with van der Waals surface area (Å²) in [5.74, 6) is 0.801. The normalized spacial score (nSPS) is 12.3. The minimum atomic E-state index is -0.644. The number of halogens is 2. The average molecular weight is 433 g/mol. The standard InChI is InChI=1S/C15H14BrIO2/c1-9-7-11(19-2)4-5-12(9)15(18)13-8-10(17)3-6-14(13)16/h3-8,15,18H,1-2H3. The molecule has 2 aromatic rings. The Labute approximate surface area is 135 Å². The van der Waals surface area contributed by atoms with E-state index in [1.165, 1.54) is 0 Å². The van der Waals surface area contributed by atoms with Gasteiger partial charge in [0.1, 0.15) is 11.9 Å². The van der Waals surface area contributed by atoms with Crippen LogP contribution in [-0.2, 0) is 0 Å². The van der Waals surface area contributed by atoms with Crippen LogP contribution in [0.25, 0.3) is 0 Å². The smallest absolute Gasteiger partial charge is 0.119 e. The van der Waals surface area contributed by atoms with Gasteiger partial charge in [0.15, 0.2) is 0 Å². The molecule has 0 aliphatic carbocycles. The molecule has 0 aliphatic heterocycles. The monoisotopic (exact) mass is 432 g/mol. The maximum absolute atomic E-state index is 10.6. The summed E-state index contributed by atoms with van der Waals surface area (Å²) in [4.78, 5) is 0. The molecule has 0 saturated carbocycles. The van der Waals surface area contributed by atoms with E-state index in [0.717, 1.165) is 30.5 Å². The number of aliphatic hydroxyl groups is 1. The maximum Gasteiger partial charge on any atom is 0.119 e. The summed E-state index contributed by atoms with van der Waals surface area (Å²) < 4.78 is 7.20. The van der Waals surface area contributed by atoms with Crippen molar-refractivity contribution in [2.24, 2.45) is 0 Å². The summed E-state index contributed by atoms with van der Waals surface area (Å²) in [6.07, 6.45) is -0.644. The van der Waals surface area contributed by atoms with E-state index in [-0.39, 0.29) is 0 Å². The number of methoxy groups -OCH3 is 1. The molecule has 0 fully saturated rings. The van der Waals surface area contributed by atoms with Gasteiger partial charge in [0.2, 0.25) is 0 Å². The molecule has 0 spiro atoms. The number of aliphatic hydroxyl groups excluding tert-OH is 1. The lowest BCUT2D eigenvalue weighted by Gasteiger charge is -2.16. The molecule has 0 aliphatic rings. The van der Waals surface area contributed by atoms with Crippen molar-refractivity contribution in [1.82, 2.24) is 0 Å². The van der Waals surface area contributed by atoms with Gasteiger partial charge in [-0.2, -0.15) is 0 Å². The fourth-order valence-electron chi connectivity index (χ4n) is 1.97. The molecule has 19 heavy (non-hydrogen) atoms. The Morgan fingerprint density at radius 3 is 2.53 bits per heavy atom. The Morgan fingerprint density at radius 2 is 1.89 bits per heavy atom. The zero-order valence-electron chi connectivity index (χ0n) is 10.7. The minimum absolute atomic E-state index is 0.644. The zero-order chi connectivity index (χ0) is 14.0. The van der Waals surface area contributed by atoms with Crippen LogP contribution >= 0.6 is 38.5 Å². The number of rotatable bonds is 3. The average Bonchev–Trinajstić information content (AvgIpc) is 2.40. The van der Waals surface area contributed by atoms with Gasteiger partial charge >= 0.3 is 0 Å². The Bertz CT molecular complexity index is 599. The lowest BCUT2D eigenvalue weighted by molar-refractivity contribution is 0.218. The summed E-state index contributed by atoms with van der Waals surface area (Å²) in [7, 11) is 1.64. The molecule has 1 unspecified atom stereocenters. The van der Waals surface area contributed by atoms with Gasteiger partial charge in [0.05, 0.1) is 7.11 Å². The zero-order valence-corrected chi connectivity index (χ0v) is 14.4. The summed E-state index contributed by atoms with van der Waals surface area (Å²) in [6.45, 7) is 1.98. The van der Waals surface area contributed by atoms with Crippen molar-refractivity contribution < 1.29 is 9.84 Å². The lowest BCUT2D eigenvalue weighted by atomic mass is 9.97. The van der Waals surface area contributed by atoms with Gasteiger partial charge in [-0.25, -0.2) is 0 Å². The lowest BCUT2D eigenvalue weighted by Crippen LogP contribution is -2.03. The van der Waals surface area contributed by atoms with Gasteiger partial charge in [-0.05, 0) is 71.0 Å². The highest BCUT2D eigenvalue weighted by Gasteiger charge is 2.16. The van der Waals surface area contributed by atoms with Crippen LogP contribution in [-0.4, -0.2) is 12.2 Å². The third-order valence-corrected chi connectivity index (χ3v) is 4.42. The summed E-state index contributed by atoms with van der Waals surface area (Å²) in [6, 6.07) is 11.7. The van der Waals surface area contributed by atoms with Crippen LogP contribution in [0.15, 0.2) is 40.9 Å². The molecule has 1 N–H and O–H groups in total. The second-order valence-corrected chi connectivity index (χ2v) is 6.39. The Balaban J connectivity index is 2.43. The van der Waals surface area contributed by atoms with Crippen molar-refractivity contribution in [2.45, 2.75) is 13.0 Å². The molecule has 0 aromatic heterocycles. The van der Waals surface area contributed by atoms with Crippen molar-refractivity contribution in [3.63, 3.8) is 0 Å². The molecule has 2 rings (SSSR count). The summed E-state index contributed by atoms with van der Waals surface area (Å²) in [5.41, 5.74) is 2.78. The number of hydrogen-bond acceptors (Lipinski definition) is 2. The topological polar surface area (TPSA) is 29.5 Å². The first-order valence-corrected chi connectivity index (χ1v) is 7.67. The molecule has 1 atom stereocenters. The number of benzene rings is 2. The third kappa shape index (κ3) is 3.30. The number of ether oxygens (including phenoxy) is 1. The van der Waals surface area contributed by atoms with Gasteiger partial charge in [-0.1, -0.05) is 22.0 Å². The van der Waals surface area contributed by atoms with Crippen molar-refractivity contribution >= 4 is 38.5 Å². The van der Waals surface area contributed by atoms with Crippen molar-refractivity contribution in [3.8, 4) is 5.75 Å². The first kappa shape index (κ1) is 14.8. The van der Waals surface area contributed by atoms with Crippen LogP contribution in [0.3, 0.4) is 0 Å². The van der Waals surface area contributed by atoms with E-state index in [1.807, 2.05) is 43.3 Å². The highest BCUT2D eigenvalue weighted by Crippen LogP contribution is 2.32. The molecule has 0 bridgehead atoms. The molecule has 4 heteroatoms.